The number of benzene rings is 1. The highest BCUT2D eigenvalue weighted by Gasteiger charge is 2.37. The van der Waals surface area contributed by atoms with Gasteiger partial charge >= 0.3 is 5.97 Å². The number of nitrogens with zero attached hydrogens (tertiary/aromatic N) is 1. The Bertz CT molecular complexity index is 671. The molecular formula is C17H19NO4S. The van der Waals surface area contributed by atoms with Gasteiger partial charge in [-0.3, -0.25) is 19.3 Å². The monoisotopic (exact) mass is 333 g/mol. The molecule has 0 N–H and O–H groups in total. The van der Waals surface area contributed by atoms with Gasteiger partial charge in [-0.25, -0.2) is 0 Å². The Labute approximate surface area is 139 Å². The number of hydrogen-bond donors (Lipinski definition) is 0. The van der Waals surface area contributed by atoms with Crippen molar-refractivity contribution in [1.29, 1.82) is 0 Å². The lowest BCUT2D eigenvalue weighted by molar-refractivity contribution is -0.156. The number of ether oxygens (including phenoxy) is 1. The SMILES string of the molecule is Cc1ccc(/C=C2\SC(=O)N(CC(=O)OC(C)(C)C)C2=O)cc1. The predicted molar refractivity (Wildman–Crippen MR) is 89.7 cm³/mol. The first kappa shape index (κ1) is 17.3. The number of aryl methyl sites for hydroxylation is 1. The summed E-state index contributed by atoms with van der Waals surface area (Å²) in [4.78, 5) is 37.3. The van der Waals surface area contributed by atoms with Crippen LogP contribution >= 0.6 is 11.8 Å². The molecule has 23 heavy (non-hydrogen) atoms. The van der Waals surface area contributed by atoms with Crippen LogP contribution in [0.2, 0.25) is 0 Å². The molecule has 0 aliphatic carbocycles. The van der Waals surface area contributed by atoms with E-state index in [2.05, 4.69) is 0 Å². The Morgan fingerprint density at radius 1 is 1.22 bits per heavy atom. The summed E-state index contributed by atoms with van der Waals surface area (Å²) in [5.74, 6) is -1.07. The van der Waals surface area contributed by atoms with E-state index in [0.717, 1.165) is 27.8 Å². The van der Waals surface area contributed by atoms with Crippen LogP contribution in [0.15, 0.2) is 29.2 Å². The van der Waals surface area contributed by atoms with Gasteiger partial charge in [-0.2, -0.15) is 0 Å². The normalized spacial score (nSPS) is 17.0. The lowest BCUT2D eigenvalue weighted by Gasteiger charge is -2.21. The Morgan fingerprint density at radius 3 is 2.39 bits per heavy atom. The van der Waals surface area contributed by atoms with Gasteiger partial charge < -0.3 is 4.74 Å². The van der Waals surface area contributed by atoms with Crippen molar-refractivity contribution < 1.29 is 19.1 Å². The predicted octanol–water partition coefficient (Wildman–Crippen LogP) is 3.37. The average molecular weight is 333 g/mol. The van der Waals surface area contributed by atoms with Gasteiger partial charge in [0, 0.05) is 0 Å². The molecule has 1 aliphatic heterocycles. The van der Waals surface area contributed by atoms with E-state index in [1.807, 2.05) is 31.2 Å². The summed E-state index contributed by atoms with van der Waals surface area (Å²) in [5, 5.41) is -0.459. The van der Waals surface area contributed by atoms with Crippen molar-refractivity contribution in [2.45, 2.75) is 33.3 Å². The summed E-state index contributed by atoms with van der Waals surface area (Å²) in [6.07, 6.45) is 1.65. The minimum Gasteiger partial charge on any atom is -0.459 e. The molecule has 6 heteroatoms. The molecule has 122 valence electrons. The van der Waals surface area contributed by atoms with Crippen molar-refractivity contribution in [3.63, 3.8) is 0 Å². The van der Waals surface area contributed by atoms with E-state index in [4.69, 9.17) is 4.74 Å². The zero-order chi connectivity index (χ0) is 17.2. The minimum atomic E-state index is -0.656. The first-order chi connectivity index (χ1) is 10.7. The molecule has 0 aromatic heterocycles. The summed E-state index contributed by atoms with van der Waals surface area (Å²) in [5.41, 5.74) is 1.29. The highest BCUT2D eigenvalue weighted by atomic mass is 32.2. The van der Waals surface area contributed by atoms with Gasteiger partial charge in [-0.05, 0) is 51.1 Å². The number of imide groups is 1. The highest BCUT2D eigenvalue weighted by molar-refractivity contribution is 8.18. The fourth-order valence-corrected chi connectivity index (χ4v) is 2.79. The first-order valence-electron chi connectivity index (χ1n) is 7.19. The molecule has 0 spiro atoms. The number of carbonyl (C=O) groups excluding carboxylic acids is 3. The van der Waals surface area contributed by atoms with Crippen molar-refractivity contribution in [3.8, 4) is 0 Å². The zero-order valence-corrected chi connectivity index (χ0v) is 14.4. The van der Waals surface area contributed by atoms with Crippen LogP contribution in [0.5, 0.6) is 0 Å². The highest BCUT2D eigenvalue weighted by Crippen LogP contribution is 2.32. The summed E-state index contributed by atoms with van der Waals surface area (Å²) in [6, 6.07) is 7.60. The molecule has 1 aromatic carbocycles. The average Bonchev–Trinajstić information content (AvgIpc) is 2.67. The number of hydrogen-bond acceptors (Lipinski definition) is 5. The second-order valence-corrected chi connectivity index (χ2v) is 7.26. The number of amides is 2. The third-order valence-electron chi connectivity index (χ3n) is 2.96. The van der Waals surface area contributed by atoms with Gasteiger partial charge in [0.05, 0.1) is 4.91 Å². The molecule has 1 aliphatic rings. The smallest absolute Gasteiger partial charge is 0.326 e. The molecule has 2 rings (SSSR count). The maximum absolute atomic E-state index is 12.3. The maximum atomic E-state index is 12.3. The van der Waals surface area contributed by atoms with E-state index in [0.29, 0.717) is 4.91 Å². The molecule has 0 atom stereocenters. The summed E-state index contributed by atoms with van der Waals surface area (Å²) in [7, 11) is 0. The number of rotatable bonds is 3. The lowest BCUT2D eigenvalue weighted by atomic mass is 10.1. The topological polar surface area (TPSA) is 63.7 Å². The van der Waals surface area contributed by atoms with Gasteiger partial charge in [0.1, 0.15) is 12.1 Å². The molecule has 0 bridgehead atoms. The third kappa shape index (κ3) is 4.69. The molecule has 0 radical (unpaired) electrons. The standard InChI is InChI=1S/C17H19NO4S/c1-11-5-7-12(8-6-11)9-13-15(20)18(16(21)23-13)10-14(19)22-17(2,3)4/h5-9H,10H2,1-4H3/b13-9-. The number of thioether (sulfide) groups is 1. The molecule has 2 amide bonds. The van der Waals surface area contributed by atoms with Crippen LogP contribution in [0.25, 0.3) is 6.08 Å². The van der Waals surface area contributed by atoms with Crippen molar-refractivity contribution in [3.05, 3.63) is 40.3 Å². The van der Waals surface area contributed by atoms with E-state index >= 15 is 0 Å². The van der Waals surface area contributed by atoms with E-state index in [9.17, 15) is 14.4 Å². The van der Waals surface area contributed by atoms with Crippen molar-refractivity contribution in [2.75, 3.05) is 6.54 Å². The lowest BCUT2D eigenvalue weighted by Crippen LogP contribution is -2.37. The first-order valence-corrected chi connectivity index (χ1v) is 8.01. The van der Waals surface area contributed by atoms with Crippen molar-refractivity contribution in [2.24, 2.45) is 0 Å². The summed E-state index contributed by atoms with van der Waals surface area (Å²) >= 11 is 0.832. The fraction of sp³-hybridized carbons (Fsp3) is 0.353. The van der Waals surface area contributed by atoms with Crippen LogP contribution in [-0.2, 0) is 14.3 Å². The van der Waals surface area contributed by atoms with Gasteiger partial charge in [-0.15, -0.1) is 0 Å². The Hall–Kier alpha value is -2.08. The van der Waals surface area contributed by atoms with E-state index in [1.54, 1.807) is 26.8 Å². The minimum absolute atomic E-state index is 0.308. The van der Waals surface area contributed by atoms with E-state index in [-0.39, 0.29) is 6.54 Å². The molecule has 5 nitrogen and oxygen atoms in total. The largest absolute Gasteiger partial charge is 0.459 e. The maximum Gasteiger partial charge on any atom is 0.326 e. The second-order valence-electron chi connectivity index (χ2n) is 6.26. The van der Waals surface area contributed by atoms with Crippen LogP contribution in [0.3, 0.4) is 0 Å². The Balaban J connectivity index is 2.10. The van der Waals surface area contributed by atoms with Crippen molar-refractivity contribution in [1.82, 2.24) is 4.90 Å². The van der Waals surface area contributed by atoms with E-state index in [1.165, 1.54) is 0 Å². The Kier molecular flexibility index (Phi) is 4.94. The molecule has 0 unspecified atom stereocenters. The summed E-state index contributed by atoms with van der Waals surface area (Å²) in [6.45, 7) is 6.80. The molecule has 1 aromatic rings. The van der Waals surface area contributed by atoms with Crippen LogP contribution in [0.4, 0.5) is 4.79 Å². The number of carbonyl (C=O) groups is 3. The van der Waals surface area contributed by atoms with Crippen LogP contribution in [-0.4, -0.2) is 34.2 Å². The summed E-state index contributed by atoms with van der Waals surface area (Å²) < 4.78 is 5.15. The van der Waals surface area contributed by atoms with E-state index < -0.39 is 22.7 Å². The van der Waals surface area contributed by atoms with Gasteiger partial charge in [0.2, 0.25) is 0 Å². The number of esters is 1. The third-order valence-corrected chi connectivity index (χ3v) is 3.86. The molecule has 0 saturated carbocycles. The van der Waals surface area contributed by atoms with Crippen LogP contribution in [0, 0.1) is 6.92 Å². The van der Waals surface area contributed by atoms with Gasteiger partial charge in [0.15, 0.2) is 0 Å². The van der Waals surface area contributed by atoms with Crippen LogP contribution in [0.1, 0.15) is 31.9 Å². The fourth-order valence-electron chi connectivity index (χ4n) is 1.95. The quantitative estimate of drug-likeness (QED) is 0.627. The molecular weight excluding hydrogens is 314 g/mol. The molecule has 1 heterocycles. The van der Waals surface area contributed by atoms with Gasteiger partial charge in [-0.1, -0.05) is 29.8 Å². The van der Waals surface area contributed by atoms with Crippen molar-refractivity contribution >= 4 is 35.0 Å². The molecule has 1 fully saturated rings. The van der Waals surface area contributed by atoms with Crippen LogP contribution < -0.4 is 0 Å². The zero-order valence-electron chi connectivity index (χ0n) is 13.6. The van der Waals surface area contributed by atoms with Gasteiger partial charge in [0.25, 0.3) is 11.1 Å². The Morgan fingerprint density at radius 2 is 1.83 bits per heavy atom. The second kappa shape index (κ2) is 6.58. The molecule has 1 saturated heterocycles.